The first-order valence-electron chi connectivity index (χ1n) is 6.24. The topological polar surface area (TPSA) is 52.6 Å². The summed E-state index contributed by atoms with van der Waals surface area (Å²) in [5.41, 5.74) is 0. The van der Waals surface area contributed by atoms with Crippen LogP contribution in [-0.2, 0) is 19.1 Å². The molecule has 0 bridgehead atoms. The molecular weight excluding hydrogens is 220 g/mol. The second-order valence-corrected chi connectivity index (χ2v) is 4.84. The fourth-order valence-electron chi connectivity index (χ4n) is 1.29. The SMILES string of the molecule is CCOC(=O)C(OC(=O)CCC(C)C)C(C)C. The van der Waals surface area contributed by atoms with Crippen molar-refractivity contribution in [1.82, 2.24) is 0 Å². The van der Waals surface area contributed by atoms with Crippen molar-refractivity contribution in [2.24, 2.45) is 11.8 Å². The van der Waals surface area contributed by atoms with Crippen LogP contribution in [0.2, 0.25) is 0 Å². The van der Waals surface area contributed by atoms with E-state index < -0.39 is 12.1 Å². The molecule has 0 aliphatic carbocycles. The van der Waals surface area contributed by atoms with Gasteiger partial charge in [0.15, 0.2) is 0 Å². The third-order valence-corrected chi connectivity index (χ3v) is 2.31. The lowest BCUT2D eigenvalue weighted by molar-refractivity contribution is -0.170. The lowest BCUT2D eigenvalue weighted by atomic mass is 10.1. The average Bonchev–Trinajstić information content (AvgIpc) is 2.22. The van der Waals surface area contributed by atoms with Crippen LogP contribution in [0, 0.1) is 11.8 Å². The van der Waals surface area contributed by atoms with Gasteiger partial charge < -0.3 is 9.47 Å². The van der Waals surface area contributed by atoms with Crippen LogP contribution in [0.25, 0.3) is 0 Å². The number of hydrogen-bond donors (Lipinski definition) is 0. The Morgan fingerprint density at radius 3 is 2.12 bits per heavy atom. The zero-order valence-corrected chi connectivity index (χ0v) is 11.5. The van der Waals surface area contributed by atoms with Crippen molar-refractivity contribution in [3.05, 3.63) is 0 Å². The molecule has 1 unspecified atom stereocenters. The van der Waals surface area contributed by atoms with Crippen LogP contribution in [0.15, 0.2) is 0 Å². The summed E-state index contributed by atoms with van der Waals surface area (Å²) in [7, 11) is 0. The van der Waals surface area contributed by atoms with Gasteiger partial charge in [0, 0.05) is 12.3 Å². The van der Waals surface area contributed by atoms with Crippen molar-refractivity contribution in [3.63, 3.8) is 0 Å². The van der Waals surface area contributed by atoms with Gasteiger partial charge in [0.2, 0.25) is 6.10 Å². The molecule has 1 atom stereocenters. The Labute approximate surface area is 104 Å². The minimum absolute atomic E-state index is 0.0722. The Morgan fingerprint density at radius 1 is 1.12 bits per heavy atom. The Morgan fingerprint density at radius 2 is 1.71 bits per heavy atom. The molecule has 0 rings (SSSR count). The predicted molar refractivity (Wildman–Crippen MR) is 65.4 cm³/mol. The Kier molecular flexibility index (Phi) is 7.59. The molecule has 0 aromatic rings. The molecule has 0 heterocycles. The van der Waals surface area contributed by atoms with Gasteiger partial charge in [-0.15, -0.1) is 0 Å². The zero-order valence-electron chi connectivity index (χ0n) is 11.5. The summed E-state index contributed by atoms with van der Waals surface area (Å²) in [4.78, 5) is 23.1. The maximum absolute atomic E-state index is 11.6. The lowest BCUT2D eigenvalue weighted by Crippen LogP contribution is -2.33. The lowest BCUT2D eigenvalue weighted by Gasteiger charge is -2.19. The van der Waals surface area contributed by atoms with E-state index in [0.717, 1.165) is 6.42 Å². The maximum atomic E-state index is 11.6. The third-order valence-electron chi connectivity index (χ3n) is 2.31. The maximum Gasteiger partial charge on any atom is 0.347 e. The minimum atomic E-state index is -0.783. The van der Waals surface area contributed by atoms with E-state index >= 15 is 0 Å². The van der Waals surface area contributed by atoms with Gasteiger partial charge in [-0.05, 0) is 19.3 Å². The Balaban J connectivity index is 4.25. The number of ether oxygens (including phenoxy) is 2. The number of rotatable bonds is 7. The molecule has 17 heavy (non-hydrogen) atoms. The summed E-state index contributed by atoms with van der Waals surface area (Å²) in [6.45, 7) is 9.77. The van der Waals surface area contributed by atoms with Gasteiger partial charge in [0.05, 0.1) is 6.61 Å². The van der Waals surface area contributed by atoms with E-state index in [4.69, 9.17) is 9.47 Å². The summed E-state index contributed by atoms with van der Waals surface area (Å²) < 4.78 is 10.0. The molecule has 0 aromatic heterocycles. The summed E-state index contributed by atoms with van der Waals surface area (Å²) >= 11 is 0. The fraction of sp³-hybridized carbons (Fsp3) is 0.846. The molecule has 0 aliphatic rings. The molecule has 0 fully saturated rings. The van der Waals surface area contributed by atoms with E-state index in [2.05, 4.69) is 0 Å². The third kappa shape index (κ3) is 6.97. The molecule has 0 aromatic carbocycles. The summed E-state index contributed by atoms with van der Waals surface area (Å²) in [5.74, 6) is -0.412. The van der Waals surface area contributed by atoms with Gasteiger partial charge in [0.1, 0.15) is 0 Å². The highest BCUT2D eigenvalue weighted by Crippen LogP contribution is 2.12. The van der Waals surface area contributed by atoms with Crippen molar-refractivity contribution in [1.29, 1.82) is 0 Å². The molecule has 0 saturated heterocycles. The predicted octanol–water partition coefficient (Wildman–Crippen LogP) is 2.55. The van der Waals surface area contributed by atoms with Crippen molar-refractivity contribution >= 4 is 11.9 Å². The van der Waals surface area contributed by atoms with Crippen LogP contribution in [0.4, 0.5) is 0 Å². The van der Waals surface area contributed by atoms with Crippen LogP contribution in [-0.4, -0.2) is 24.6 Å². The summed E-state index contributed by atoms with van der Waals surface area (Å²) in [5, 5.41) is 0. The van der Waals surface area contributed by atoms with Gasteiger partial charge in [-0.25, -0.2) is 4.79 Å². The van der Waals surface area contributed by atoms with E-state index in [1.54, 1.807) is 6.92 Å². The molecule has 0 spiro atoms. The Hall–Kier alpha value is -1.06. The van der Waals surface area contributed by atoms with E-state index in [1.807, 2.05) is 27.7 Å². The monoisotopic (exact) mass is 244 g/mol. The zero-order chi connectivity index (χ0) is 13.4. The average molecular weight is 244 g/mol. The van der Waals surface area contributed by atoms with Crippen LogP contribution < -0.4 is 0 Å². The highest BCUT2D eigenvalue weighted by atomic mass is 16.6. The smallest absolute Gasteiger partial charge is 0.347 e. The largest absolute Gasteiger partial charge is 0.463 e. The normalized spacial score (nSPS) is 12.6. The molecule has 0 N–H and O–H groups in total. The Bertz CT molecular complexity index is 246. The molecule has 0 saturated carbocycles. The quantitative estimate of drug-likeness (QED) is 0.646. The van der Waals surface area contributed by atoms with E-state index in [0.29, 0.717) is 18.9 Å². The first-order valence-corrected chi connectivity index (χ1v) is 6.24. The molecule has 0 radical (unpaired) electrons. The van der Waals surface area contributed by atoms with Gasteiger partial charge in [-0.1, -0.05) is 27.7 Å². The highest BCUT2D eigenvalue weighted by Gasteiger charge is 2.27. The second-order valence-electron chi connectivity index (χ2n) is 4.84. The van der Waals surface area contributed by atoms with Gasteiger partial charge >= 0.3 is 11.9 Å². The fourth-order valence-corrected chi connectivity index (χ4v) is 1.29. The van der Waals surface area contributed by atoms with Gasteiger partial charge in [0.25, 0.3) is 0 Å². The van der Waals surface area contributed by atoms with Crippen LogP contribution in [0.1, 0.15) is 47.5 Å². The van der Waals surface area contributed by atoms with E-state index in [9.17, 15) is 9.59 Å². The van der Waals surface area contributed by atoms with E-state index in [-0.39, 0.29) is 11.9 Å². The van der Waals surface area contributed by atoms with Crippen LogP contribution in [0.3, 0.4) is 0 Å². The summed E-state index contributed by atoms with van der Waals surface area (Å²) in [6, 6.07) is 0. The standard InChI is InChI=1S/C13H24O4/c1-6-16-13(15)12(10(4)5)17-11(14)8-7-9(2)3/h9-10,12H,6-8H2,1-5H3. The second kappa shape index (κ2) is 8.09. The van der Waals surface area contributed by atoms with Crippen molar-refractivity contribution < 1.29 is 19.1 Å². The molecule has 0 amide bonds. The molecule has 0 aliphatic heterocycles. The minimum Gasteiger partial charge on any atom is -0.463 e. The van der Waals surface area contributed by atoms with E-state index in [1.165, 1.54) is 0 Å². The van der Waals surface area contributed by atoms with Gasteiger partial charge in [-0.2, -0.15) is 0 Å². The first kappa shape index (κ1) is 15.9. The number of carbonyl (C=O) groups excluding carboxylic acids is 2. The number of carbonyl (C=O) groups is 2. The van der Waals surface area contributed by atoms with Crippen molar-refractivity contribution in [2.45, 2.75) is 53.6 Å². The molecule has 4 heteroatoms. The van der Waals surface area contributed by atoms with Crippen LogP contribution >= 0.6 is 0 Å². The molecular formula is C13H24O4. The van der Waals surface area contributed by atoms with Crippen LogP contribution in [0.5, 0.6) is 0 Å². The van der Waals surface area contributed by atoms with Gasteiger partial charge in [-0.3, -0.25) is 4.79 Å². The first-order chi connectivity index (χ1) is 7.88. The molecule has 100 valence electrons. The number of hydrogen-bond acceptors (Lipinski definition) is 4. The molecule has 4 nitrogen and oxygen atoms in total. The van der Waals surface area contributed by atoms with Crippen molar-refractivity contribution in [3.8, 4) is 0 Å². The highest BCUT2D eigenvalue weighted by molar-refractivity contribution is 5.79. The number of esters is 2. The summed E-state index contributed by atoms with van der Waals surface area (Å²) in [6.07, 6.45) is 0.335. The van der Waals surface area contributed by atoms with Crippen molar-refractivity contribution in [2.75, 3.05) is 6.61 Å².